The van der Waals surface area contributed by atoms with Gasteiger partial charge in [-0.05, 0) is 72.5 Å². The number of hydrazine groups is 1. The Morgan fingerprint density at radius 1 is 0.956 bits per heavy atom. The Balaban J connectivity index is 1.47. The Labute approximate surface area is 281 Å². The summed E-state index contributed by atoms with van der Waals surface area (Å²) in [6.45, 7) is 1.03. The molecular formula is C35H34BrCl2N3O4. The largest absolute Gasteiger partial charge is 0.494 e. The molecule has 0 unspecified atom stereocenters. The number of aliphatic hydroxyl groups is 1. The number of aliphatic hydroxyl groups excluding tert-OH is 1. The molecule has 45 heavy (non-hydrogen) atoms. The summed E-state index contributed by atoms with van der Waals surface area (Å²) in [7, 11) is 0. The van der Waals surface area contributed by atoms with E-state index in [2.05, 4.69) is 38.9 Å². The van der Waals surface area contributed by atoms with Crippen molar-refractivity contribution in [3.63, 3.8) is 0 Å². The van der Waals surface area contributed by atoms with E-state index in [1.165, 1.54) is 5.56 Å². The van der Waals surface area contributed by atoms with Gasteiger partial charge in [-0.1, -0.05) is 87.7 Å². The van der Waals surface area contributed by atoms with Gasteiger partial charge in [0.15, 0.2) is 11.6 Å². The first-order valence-corrected chi connectivity index (χ1v) is 16.3. The van der Waals surface area contributed by atoms with Gasteiger partial charge in [0.1, 0.15) is 5.75 Å². The number of halogens is 3. The molecule has 0 aliphatic carbocycles. The molecule has 0 fully saturated rings. The van der Waals surface area contributed by atoms with Gasteiger partial charge in [0.25, 0.3) is 5.91 Å². The molecule has 3 N–H and O–H groups in total. The van der Waals surface area contributed by atoms with Crippen molar-refractivity contribution in [3.8, 4) is 5.75 Å². The van der Waals surface area contributed by atoms with Crippen LogP contribution < -0.4 is 15.6 Å². The summed E-state index contributed by atoms with van der Waals surface area (Å²) in [6, 6.07) is 30.4. The monoisotopic (exact) mass is 709 g/mol. The highest BCUT2D eigenvalue weighted by Gasteiger charge is 2.54. The van der Waals surface area contributed by atoms with E-state index in [0.29, 0.717) is 52.4 Å². The van der Waals surface area contributed by atoms with E-state index in [0.717, 1.165) is 22.9 Å². The maximum absolute atomic E-state index is 14.3. The lowest BCUT2D eigenvalue weighted by Gasteiger charge is -2.31. The van der Waals surface area contributed by atoms with Crippen LogP contribution in [0, 0.1) is 0 Å². The smallest absolute Gasteiger partial charge is 0.266 e. The van der Waals surface area contributed by atoms with Gasteiger partial charge in [0.2, 0.25) is 5.90 Å². The van der Waals surface area contributed by atoms with Crippen molar-refractivity contribution in [2.45, 2.75) is 37.3 Å². The summed E-state index contributed by atoms with van der Waals surface area (Å²) in [5.41, 5.74) is 8.04. The third kappa shape index (κ3) is 8.45. The fourth-order valence-corrected chi connectivity index (χ4v) is 5.94. The Bertz CT molecular complexity index is 1600. The van der Waals surface area contributed by atoms with Crippen molar-refractivity contribution in [3.05, 3.63) is 134 Å². The van der Waals surface area contributed by atoms with E-state index < -0.39 is 11.6 Å². The summed E-state index contributed by atoms with van der Waals surface area (Å²) in [4.78, 5) is 19.4. The molecule has 1 aliphatic heterocycles. The highest BCUT2D eigenvalue weighted by molar-refractivity contribution is 9.10. The normalized spacial score (nSPS) is 17.4. The van der Waals surface area contributed by atoms with Crippen LogP contribution in [-0.4, -0.2) is 42.2 Å². The summed E-state index contributed by atoms with van der Waals surface area (Å²) < 4.78 is 13.2. The third-order valence-corrected chi connectivity index (χ3v) is 8.56. The molecule has 0 aromatic heterocycles. The lowest BCUT2D eigenvalue weighted by molar-refractivity contribution is -0.130. The lowest BCUT2D eigenvalue weighted by Crippen LogP contribution is -2.54. The fourth-order valence-electron chi connectivity index (χ4n) is 5.16. The zero-order chi connectivity index (χ0) is 31.6. The van der Waals surface area contributed by atoms with Crippen LogP contribution in [-0.2, 0) is 22.4 Å². The highest BCUT2D eigenvalue weighted by Crippen LogP contribution is 2.45. The van der Waals surface area contributed by atoms with E-state index >= 15 is 0 Å². The second kappa shape index (κ2) is 15.7. The second-order valence-corrected chi connectivity index (χ2v) is 12.5. The molecule has 0 saturated heterocycles. The maximum Gasteiger partial charge on any atom is 0.266 e. The SMILES string of the molecule is O=C(NNCCCc1ccccc1)[C@@]1(Cc2ccc(Br)cc2)N=C(c2ccc(OCCCO)cc2)O[C@H]1c1ccc(Cl)cc1Cl. The van der Waals surface area contributed by atoms with Crippen LogP contribution in [0.1, 0.15) is 41.2 Å². The molecule has 0 spiro atoms. The van der Waals surface area contributed by atoms with Crippen LogP contribution >= 0.6 is 39.1 Å². The molecule has 4 aromatic rings. The number of carbonyl (C=O) groups excluding carboxylic acids is 1. The van der Waals surface area contributed by atoms with Crippen LogP contribution in [0.4, 0.5) is 0 Å². The molecule has 0 radical (unpaired) electrons. The van der Waals surface area contributed by atoms with E-state index in [9.17, 15) is 4.79 Å². The molecule has 0 bridgehead atoms. The van der Waals surface area contributed by atoms with Crippen LogP contribution in [0.25, 0.3) is 0 Å². The fraction of sp³-hybridized carbons (Fsp3) is 0.257. The number of hydrogen-bond donors (Lipinski definition) is 3. The van der Waals surface area contributed by atoms with E-state index in [1.807, 2.05) is 66.7 Å². The molecule has 1 aliphatic rings. The van der Waals surface area contributed by atoms with Crippen LogP contribution in [0.3, 0.4) is 0 Å². The van der Waals surface area contributed by atoms with Crippen molar-refractivity contribution in [1.29, 1.82) is 0 Å². The van der Waals surface area contributed by atoms with Gasteiger partial charge in [-0.3, -0.25) is 10.2 Å². The van der Waals surface area contributed by atoms with Gasteiger partial charge in [0.05, 0.1) is 6.61 Å². The molecule has 0 saturated carbocycles. The molecule has 7 nitrogen and oxygen atoms in total. The number of nitrogens with zero attached hydrogens (tertiary/aromatic N) is 1. The van der Waals surface area contributed by atoms with Gasteiger partial charge < -0.3 is 14.6 Å². The topological polar surface area (TPSA) is 92.2 Å². The van der Waals surface area contributed by atoms with E-state index in [4.69, 9.17) is 42.8 Å². The summed E-state index contributed by atoms with van der Waals surface area (Å²) in [6.07, 6.45) is 1.63. The number of ether oxygens (including phenoxy) is 2. The number of carbonyl (C=O) groups is 1. The van der Waals surface area contributed by atoms with Gasteiger partial charge in [-0.25, -0.2) is 10.4 Å². The first kappa shape index (κ1) is 33.0. The molecular weight excluding hydrogens is 677 g/mol. The molecule has 10 heteroatoms. The van der Waals surface area contributed by atoms with Crippen LogP contribution in [0.5, 0.6) is 5.75 Å². The number of aliphatic imine (C=N–C) groups is 1. The predicted octanol–water partition coefficient (Wildman–Crippen LogP) is 7.27. The molecule has 2 atom stereocenters. The molecule has 4 aromatic carbocycles. The van der Waals surface area contributed by atoms with Crippen molar-refractivity contribution in [2.24, 2.45) is 4.99 Å². The van der Waals surface area contributed by atoms with Crippen molar-refractivity contribution >= 4 is 50.9 Å². The molecule has 5 rings (SSSR count). The predicted molar refractivity (Wildman–Crippen MR) is 182 cm³/mol. The van der Waals surface area contributed by atoms with Gasteiger partial charge in [0, 0.05) is 51.6 Å². The summed E-state index contributed by atoms with van der Waals surface area (Å²) in [5.74, 6) is 0.617. The Morgan fingerprint density at radius 2 is 1.71 bits per heavy atom. The van der Waals surface area contributed by atoms with E-state index in [-0.39, 0.29) is 18.9 Å². The highest BCUT2D eigenvalue weighted by atomic mass is 79.9. The zero-order valence-corrected chi connectivity index (χ0v) is 27.6. The average Bonchev–Trinajstić information content (AvgIpc) is 3.43. The summed E-state index contributed by atoms with van der Waals surface area (Å²) >= 11 is 16.5. The minimum Gasteiger partial charge on any atom is -0.494 e. The molecule has 1 amide bonds. The van der Waals surface area contributed by atoms with Crippen LogP contribution in [0.15, 0.2) is 107 Å². The number of benzene rings is 4. The standard InChI is InChI=1S/C35H34BrCl2N3O4/c36-27-13-9-25(10-14-27)23-35(34(43)41-39-19-4-8-24-6-2-1-3-7-24)32(30-18-15-28(37)22-31(30)38)45-33(40-35)26-11-16-29(17-12-26)44-21-5-20-42/h1-3,6-7,9-18,22,32,39,42H,4-5,8,19-21,23H2,(H,41,43)/t32-,35-/m0/s1. The van der Waals surface area contributed by atoms with Crippen molar-refractivity contribution in [1.82, 2.24) is 10.9 Å². The molecule has 1 heterocycles. The van der Waals surface area contributed by atoms with Gasteiger partial charge >= 0.3 is 0 Å². The first-order chi connectivity index (χ1) is 21.9. The van der Waals surface area contributed by atoms with E-state index in [1.54, 1.807) is 18.2 Å². The first-order valence-electron chi connectivity index (χ1n) is 14.8. The number of hydrogen-bond acceptors (Lipinski definition) is 6. The van der Waals surface area contributed by atoms with Crippen LogP contribution in [0.2, 0.25) is 10.0 Å². The number of rotatable bonds is 14. The number of amides is 1. The minimum absolute atomic E-state index is 0.0573. The quantitative estimate of drug-likeness (QED) is 0.0946. The third-order valence-electron chi connectivity index (χ3n) is 7.47. The van der Waals surface area contributed by atoms with Gasteiger partial charge in [-0.2, -0.15) is 0 Å². The molecule has 234 valence electrons. The van der Waals surface area contributed by atoms with Crippen molar-refractivity contribution < 1.29 is 19.4 Å². The minimum atomic E-state index is -1.41. The summed E-state index contributed by atoms with van der Waals surface area (Å²) in [5, 5.41) is 9.91. The Morgan fingerprint density at radius 3 is 2.42 bits per heavy atom. The van der Waals surface area contributed by atoms with Gasteiger partial charge in [-0.15, -0.1) is 0 Å². The number of aryl methyl sites for hydroxylation is 1. The van der Waals surface area contributed by atoms with Crippen molar-refractivity contribution in [2.75, 3.05) is 19.8 Å². The number of nitrogens with one attached hydrogen (secondary N) is 2. The Kier molecular flexibility index (Phi) is 11.5. The second-order valence-electron chi connectivity index (χ2n) is 10.7. The maximum atomic E-state index is 14.3. The lowest BCUT2D eigenvalue weighted by atomic mass is 9.82. The zero-order valence-electron chi connectivity index (χ0n) is 24.5. The Hall–Kier alpha value is -3.40. The average molecular weight is 711 g/mol.